The molecule has 10 heteroatoms. The normalized spacial score (nSPS) is 11.0. The maximum atomic E-state index is 12.3. The number of amides is 2. The lowest BCUT2D eigenvalue weighted by Gasteiger charge is -2.19. The summed E-state index contributed by atoms with van der Waals surface area (Å²) < 4.78 is 5.13. The first-order valence-electron chi connectivity index (χ1n) is 7.49. The molecule has 0 saturated heterocycles. The molecule has 3 N–H and O–H groups in total. The molecule has 134 valence electrons. The number of pyridine rings is 1. The van der Waals surface area contributed by atoms with Crippen molar-refractivity contribution in [2.75, 3.05) is 12.4 Å². The lowest BCUT2D eigenvalue weighted by Crippen LogP contribution is -2.28. The molecular weight excluding hydrogens is 328 g/mol. The molecule has 2 heterocycles. The van der Waals surface area contributed by atoms with Crippen LogP contribution in [0.1, 0.15) is 37.1 Å². The highest BCUT2D eigenvalue weighted by Gasteiger charge is 2.17. The van der Waals surface area contributed by atoms with Crippen LogP contribution < -0.4 is 11.0 Å². The Morgan fingerprint density at radius 3 is 2.56 bits per heavy atom. The quantitative estimate of drug-likeness (QED) is 0.758. The van der Waals surface area contributed by atoms with Crippen LogP contribution >= 0.6 is 0 Å². The van der Waals surface area contributed by atoms with Gasteiger partial charge in [0.1, 0.15) is 11.3 Å². The number of carbonyl (C=O) groups excluding carboxylic acids is 2. The number of nitrogens with zero attached hydrogens (tertiary/aromatic N) is 3. The minimum absolute atomic E-state index is 0.122. The standard InChI is InChI=1S/C15H20N6O4/c1-15(2,3)25-14(24)17-9-5-6-10(16-7-9)12(22)21(4)8-11-18-13(23)20-19-11/h5-7H,8H2,1-4H3,(H,17,24)(H2,18,19,20,23). The monoisotopic (exact) mass is 348 g/mol. The summed E-state index contributed by atoms with van der Waals surface area (Å²) in [5.74, 6) is -0.0169. The highest BCUT2D eigenvalue weighted by atomic mass is 16.6. The van der Waals surface area contributed by atoms with Gasteiger partial charge in [-0.05, 0) is 32.9 Å². The van der Waals surface area contributed by atoms with E-state index in [0.717, 1.165) is 0 Å². The van der Waals surface area contributed by atoms with Crippen molar-refractivity contribution in [3.05, 3.63) is 40.3 Å². The van der Waals surface area contributed by atoms with E-state index in [1.54, 1.807) is 33.9 Å². The molecule has 0 aromatic carbocycles. The number of hydrogen-bond acceptors (Lipinski definition) is 6. The molecule has 2 aromatic heterocycles. The van der Waals surface area contributed by atoms with Gasteiger partial charge >= 0.3 is 11.8 Å². The molecule has 10 nitrogen and oxygen atoms in total. The molecule has 0 bridgehead atoms. The first-order chi connectivity index (χ1) is 11.6. The zero-order chi connectivity index (χ0) is 18.6. The molecule has 0 aliphatic rings. The number of anilines is 1. The smallest absolute Gasteiger partial charge is 0.412 e. The first-order valence-corrected chi connectivity index (χ1v) is 7.49. The Hall–Kier alpha value is -3.17. The lowest BCUT2D eigenvalue weighted by atomic mass is 10.2. The van der Waals surface area contributed by atoms with Gasteiger partial charge in [-0.25, -0.2) is 19.7 Å². The Kier molecular flexibility index (Phi) is 5.20. The van der Waals surface area contributed by atoms with Crippen molar-refractivity contribution in [3.8, 4) is 0 Å². The number of ether oxygens (including phenoxy) is 1. The zero-order valence-electron chi connectivity index (χ0n) is 14.4. The van der Waals surface area contributed by atoms with Crippen molar-refractivity contribution in [2.45, 2.75) is 32.9 Å². The van der Waals surface area contributed by atoms with Crippen LogP contribution in [0.2, 0.25) is 0 Å². The van der Waals surface area contributed by atoms with Gasteiger partial charge < -0.3 is 9.64 Å². The largest absolute Gasteiger partial charge is 0.444 e. The van der Waals surface area contributed by atoms with Crippen molar-refractivity contribution in [1.29, 1.82) is 0 Å². The number of aromatic nitrogens is 4. The van der Waals surface area contributed by atoms with E-state index in [1.165, 1.54) is 17.2 Å². The molecule has 0 aliphatic carbocycles. The van der Waals surface area contributed by atoms with Crippen LogP contribution in [0.25, 0.3) is 0 Å². The zero-order valence-corrected chi connectivity index (χ0v) is 14.4. The Morgan fingerprint density at radius 2 is 2.04 bits per heavy atom. The van der Waals surface area contributed by atoms with Crippen LogP contribution in [0, 0.1) is 0 Å². The van der Waals surface area contributed by atoms with E-state index < -0.39 is 17.4 Å². The molecular formula is C15H20N6O4. The maximum Gasteiger partial charge on any atom is 0.412 e. The average molecular weight is 348 g/mol. The van der Waals surface area contributed by atoms with Crippen LogP contribution in [-0.2, 0) is 11.3 Å². The van der Waals surface area contributed by atoms with Gasteiger partial charge in [-0.3, -0.25) is 15.1 Å². The van der Waals surface area contributed by atoms with Crippen molar-refractivity contribution in [1.82, 2.24) is 25.1 Å². The Labute approximate surface area is 143 Å². The summed E-state index contributed by atoms with van der Waals surface area (Å²) in [6, 6.07) is 3.03. The third-order valence-corrected chi connectivity index (χ3v) is 2.91. The number of nitrogens with one attached hydrogen (secondary N) is 3. The minimum Gasteiger partial charge on any atom is -0.444 e. The molecule has 0 fully saturated rings. The molecule has 25 heavy (non-hydrogen) atoms. The van der Waals surface area contributed by atoms with Gasteiger partial charge in [0.2, 0.25) is 0 Å². The van der Waals surface area contributed by atoms with Gasteiger partial charge in [-0.1, -0.05) is 0 Å². The van der Waals surface area contributed by atoms with Crippen molar-refractivity contribution in [2.24, 2.45) is 0 Å². The van der Waals surface area contributed by atoms with E-state index in [9.17, 15) is 14.4 Å². The summed E-state index contributed by atoms with van der Waals surface area (Å²) in [5, 5.41) is 8.50. The van der Waals surface area contributed by atoms with Gasteiger partial charge in [0.25, 0.3) is 5.91 Å². The van der Waals surface area contributed by atoms with Crippen molar-refractivity contribution < 1.29 is 14.3 Å². The molecule has 0 saturated carbocycles. The van der Waals surface area contributed by atoms with Crippen LogP contribution in [0.4, 0.5) is 10.5 Å². The van der Waals surface area contributed by atoms with Gasteiger partial charge in [0.05, 0.1) is 18.4 Å². The molecule has 0 aliphatic heterocycles. The van der Waals surface area contributed by atoms with Crippen LogP contribution in [0.5, 0.6) is 0 Å². The fourth-order valence-electron chi connectivity index (χ4n) is 1.89. The summed E-state index contributed by atoms with van der Waals surface area (Å²) in [7, 11) is 1.56. The second kappa shape index (κ2) is 7.16. The molecule has 0 radical (unpaired) electrons. The van der Waals surface area contributed by atoms with Crippen LogP contribution in [0.3, 0.4) is 0 Å². The SMILES string of the molecule is CN(Cc1n[nH]c(=O)[nH]1)C(=O)c1ccc(NC(=O)OC(C)(C)C)cn1. The van der Waals surface area contributed by atoms with Crippen molar-refractivity contribution in [3.63, 3.8) is 0 Å². The maximum absolute atomic E-state index is 12.3. The predicted octanol–water partition coefficient (Wildman–Crippen LogP) is 1.11. The Morgan fingerprint density at radius 1 is 1.32 bits per heavy atom. The molecule has 0 unspecified atom stereocenters. The number of H-pyrrole nitrogens is 2. The van der Waals surface area contributed by atoms with Gasteiger partial charge in [0, 0.05) is 7.05 Å². The van der Waals surface area contributed by atoms with E-state index >= 15 is 0 Å². The summed E-state index contributed by atoms with van der Waals surface area (Å²) in [6.07, 6.45) is 0.759. The fraction of sp³-hybridized carbons (Fsp3) is 0.400. The average Bonchev–Trinajstić information content (AvgIpc) is 2.90. The molecule has 0 spiro atoms. The highest BCUT2D eigenvalue weighted by Crippen LogP contribution is 2.12. The predicted molar refractivity (Wildman–Crippen MR) is 89.1 cm³/mol. The van der Waals surface area contributed by atoms with Crippen molar-refractivity contribution >= 4 is 17.7 Å². The number of carbonyl (C=O) groups is 2. The summed E-state index contributed by atoms with van der Waals surface area (Å²) in [5.41, 5.74) is -0.449. The van der Waals surface area contributed by atoms with Gasteiger partial charge in [-0.15, -0.1) is 0 Å². The van der Waals surface area contributed by atoms with E-state index in [0.29, 0.717) is 11.5 Å². The van der Waals surface area contributed by atoms with Crippen LogP contribution in [0.15, 0.2) is 23.1 Å². The first kappa shape index (κ1) is 18.2. The topological polar surface area (TPSA) is 133 Å². The second-order valence-corrected chi connectivity index (χ2v) is 6.34. The summed E-state index contributed by atoms with van der Waals surface area (Å²) in [4.78, 5) is 42.8. The molecule has 2 rings (SSSR count). The Balaban J connectivity index is 1.97. The summed E-state index contributed by atoms with van der Waals surface area (Å²) >= 11 is 0. The van der Waals surface area contributed by atoms with Crippen LogP contribution in [-0.4, -0.2) is 49.7 Å². The van der Waals surface area contributed by atoms with Gasteiger partial charge in [0.15, 0.2) is 5.82 Å². The lowest BCUT2D eigenvalue weighted by molar-refractivity contribution is 0.0635. The third-order valence-electron chi connectivity index (χ3n) is 2.91. The fourth-order valence-corrected chi connectivity index (χ4v) is 1.89. The molecule has 0 atom stereocenters. The minimum atomic E-state index is -0.608. The van der Waals surface area contributed by atoms with E-state index in [1.807, 2.05) is 0 Å². The van der Waals surface area contributed by atoms with Gasteiger partial charge in [-0.2, -0.15) is 5.10 Å². The van der Waals surface area contributed by atoms with E-state index in [-0.39, 0.29) is 18.1 Å². The highest BCUT2D eigenvalue weighted by molar-refractivity contribution is 5.92. The second-order valence-electron chi connectivity index (χ2n) is 6.34. The third kappa shape index (κ3) is 5.44. The number of rotatable bonds is 4. The number of hydrogen-bond donors (Lipinski definition) is 3. The van der Waals surface area contributed by atoms with E-state index in [2.05, 4.69) is 25.5 Å². The van der Waals surface area contributed by atoms with E-state index in [4.69, 9.17) is 4.74 Å². The number of aromatic amines is 2. The Bertz CT molecular complexity index is 802. The molecule has 2 amide bonds. The summed E-state index contributed by atoms with van der Waals surface area (Å²) in [6.45, 7) is 5.40. The molecule has 2 aromatic rings.